The second-order valence-electron chi connectivity index (χ2n) is 4.85. The van der Waals surface area contributed by atoms with Crippen LogP contribution in [-0.2, 0) is 0 Å². The molecule has 0 aliphatic carbocycles. The van der Waals surface area contributed by atoms with Crippen LogP contribution in [0.25, 0.3) is 10.9 Å². The average Bonchev–Trinajstić information content (AvgIpc) is 2.79. The van der Waals surface area contributed by atoms with Crippen molar-refractivity contribution < 1.29 is 4.79 Å². The van der Waals surface area contributed by atoms with Crippen LogP contribution in [0.5, 0.6) is 0 Å². The Morgan fingerprint density at radius 3 is 2.75 bits per heavy atom. The van der Waals surface area contributed by atoms with Gasteiger partial charge in [-0.2, -0.15) is 0 Å². The number of nitrogen functional groups attached to an aromatic ring is 1. The van der Waals surface area contributed by atoms with Crippen molar-refractivity contribution in [3.63, 3.8) is 0 Å². The maximum absolute atomic E-state index is 12.6. The number of fused-ring (bicyclic) bond motifs is 1. The van der Waals surface area contributed by atoms with E-state index in [4.69, 9.17) is 5.73 Å². The molecule has 3 aromatic rings. The van der Waals surface area contributed by atoms with E-state index >= 15 is 0 Å². The number of benzene rings is 2. The molecule has 0 aliphatic heterocycles. The van der Waals surface area contributed by atoms with Gasteiger partial charge in [-0.3, -0.25) is 4.79 Å². The molecule has 0 atom stereocenters. The number of nitrogens with two attached hydrogens (primary N) is 1. The Morgan fingerprint density at radius 1 is 1.20 bits per heavy atom. The highest BCUT2D eigenvalue weighted by Crippen LogP contribution is 2.24. The van der Waals surface area contributed by atoms with E-state index in [-0.39, 0.29) is 5.78 Å². The van der Waals surface area contributed by atoms with E-state index in [0.29, 0.717) is 16.8 Å². The Bertz CT molecular complexity index is 800. The lowest BCUT2D eigenvalue weighted by Crippen LogP contribution is -2.01. The minimum atomic E-state index is -0.0342. The molecule has 3 nitrogen and oxygen atoms in total. The van der Waals surface area contributed by atoms with Gasteiger partial charge in [0.1, 0.15) is 0 Å². The fraction of sp³-hybridized carbons (Fsp3) is 0.0625. The summed E-state index contributed by atoms with van der Waals surface area (Å²) in [6.45, 7) is 2.02. The van der Waals surface area contributed by atoms with Crippen LogP contribution >= 0.6 is 15.9 Å². The van der Waals surface area contributed by atoms with Crippen LogP contribution in [0.1, 0.15) is 21.5 Å². The van der Waals surface area contributed by atoms with E-state index < -0.39 is 0 Å². The average molecular weight is 329 g/mol. The van der Waals surface area contributed by atoms with E-state index in [1.54, 1.807) is 24.4 Å². The molecule has 100 valence electrons. The Balaban J connectivity index is 2.12. The van der Waals surface area contributed by atoms with Crippen LogP contribution in [-0.4, -0.2) is 10.8 Å². The minimum absolute atomic E-state index is 0.0342. The third-order valence-electron chi connectivity index (χ3n) is 3.26. The lowest BCUT2D eigenvalue weighted by molar-refractivity contribution is 0.104. The molecule has 0 fully saturated rings. The summed E-state index contributed by atoms with van der Waals surface area (Å²) in [5.74, 6) is -0.0342. The number of carbonyl (C=O) groups is 1. The standard InChI is InChI=1S/C16H13BrN2O/c1-9-2-3-13-14(8-19-15(13)4-9)16(20)10-5-11(17)7-12(18)6-10/h2-8,19H,18H2,1H3. The van der Waals surface area contributed by atoms with Crippen molar-refractivity contribution in [1.29, 1.82) is 0 Å². The Morgan fingerprint density at radius 2 is 2.00 bits per heavy atom. The summed E-state index contributed by atoms with van der Waals surface area (Å²) >= 11 is 3.36. The molecule has 3 N–H and O–H groups in total. The van der Waals surface area contributed by atoms with Gasteiger partial charge in [0, 0.05) is 38.4 Å². The second kappa shape index (κ2) is 4.80. The van der Waals surface area contributed by atoms with Crippen LogP contribution in [0.2, 0.25) is 0 Å². The van der Waals surface area contributed by atoms with Gasteiger partial charge < -0.3 is 10.7 Å². The number of nitrogens with one attached hydrogen (secondary N) is 1. The van der Waals surface area contributed by atoms with Gasteiger partial charge in [-0.25, -0.2) is 0 Å². The van der Waals surface area contributed by atoms with Gasteiger partial charge in [0.2, 0.25) is 0 Å². The highest BCUT2D eigenvalue weighted by Gasteiger charge is 2.15. The second-order valence-corrected chi connectivity index (χ2v) is 5.77. The molecule has 1 aromatic heterocycles. The number of ketones is 1. The van der Waals surface area contributed by atoms with Gasteiger partial charge in [-0.05, 0) is 36.8 Å². The van der Waals surface area contributed by atoms with Crippen LogP contribution in [0.4, 0.5) is 5.69 Å². The quantitative estimate of drug-likeness (QED) is 0.550. The van der Waals surface area contributed by atoms with E-state index in [1.807, 2.05) is 25.1 Å². The van der Waals surface area contributed by atoms with Crippen molar-refractivity contribution in [2.24, 2.45) is 0 Å². The summed E-state index contributed by atoms with van der Waals surface area (Å²) in [5.41, 5.74) is 9.73. The van der Waals surface area contributed by atoms with Gasteiger partial charge in [0.15, 0.2) is 5.78 Å². The number of hydrogen-bond acceptors (Lipinski definition) is 2. The molecule has 0 radical (unpaired) electrons. The van der Waals surface area contributed by atoms with E-state index in [2.05, 4.69) is 20.9 Å². The summed E-state index contributed by atoms with van der Waals surface area (Å²) in [4.78, 5) is 15.8. The summed E-state index contributed by atoms with van der Waals surface area (Å²) in [6, 6.07) is 11.3. The lowest BCUT2D eigenvalue weighted by Gasteiger charge is -2.03. The molecule has 1 heterocycles. The van der Waals surface area contributed by atoms with Crippen molar-refractivity contribution in [2.45, 2.75) is 6.92 Å². The van der Waals surface area contributed by atoms with Gasteiger partial charge in [-0.1, -0.05) is 28.1 Å². The number of aromatic amines is 1. The Kier molecular flexibility index (Phi) is 3.10. The topological polar surface area (TPSA) is 58.9 Å². The summed E-state index contributed by atoms with van der Waals surface area (Å²) in [5, 5.41) is 0.930. The summed E-state index contributed by atoms with van der Waals surface area (Å²) in [6.07, 6.45) is 1.75. The molecule has 20 heavy (non-hydrogen) atoms. The predicted octanol–water partition coefficient (Wildman–Crippen LogP) is 4.05. The fourth-order valence-corrected chi connectivity index (χ4v) is 2.84. The zero-order valence-electron chi connectivity index (χ0n) is 10.9. The number of anilines is 1. The lowest BCUT2D eigenvalue weighted by atomic mass is 10.0. The Labute approximate surface area is 124 Å². The third-order valence-corrected chi connectivity index (χ3v) is 3.72. The number of hydrogen-bond donors (Lipinski definition) is 2. The maximum Gasteiger partial charge on any atom is 0.195 e. The SMILES string of the molecule is Cc1ccc2c(C(=O)c3cc(N)cc(Br)c3)c[nH]c2c1. The van der Waals surface area contributed by atoms with E-state index in [9.17, 15) is 4.79 Å². The zero-order chi connectivity index (χ0) is 14.3. The molecular formula is C16H13BrN2O. The predicted molar refractivity (Wildman–Crippen MR) is 85.0 cm³/mol. The molecule has 0 aliphatic rings. The van der Waals surface area contributed by atoms with Gasteiger partial charge in [-0.15, -0.1) is 0 Å². The van der Waals surface area contributed by atoms with Crippen molar-refractivity contribution in [2.75, 3.05) is 5.73 Å². The normalized spacial score (nSPS) is 10.9. The number of rotatable bonds is 2. The molecule has 0 saturated carbocycles. The van der Waals surface area contributed by atoms with Crippen LogP contribution in [0.3, 0.4) is 0 Å². The molecule has 2 aromatic carbocycles. The van der Waals surface area contributed by atoms with Crippen molar-refractivity contribution >= 4 is 38.3 Å². The summed E-state index contributed by atoms with van der Waals surface area (Å²) in [7, 11) is 0. The largest absolute Gasteiger partial charge is 0.399 e. The fourth-order valence-electron chi connectivity index (χ4n) is 2.33. The number of aryl methyl sites for hydroxylation is 1. The molecule has 0 amide bonds. The smallest absolute Gasteiger partial charge is 0.195 e. The maximum atomic E-state index is 12.6. The first-order valence-electron chi connectivity index (χ1n) is 6.23. The van der Waals surface area contributed by atoms with E-state index in [1.165, 1.54) is 0 Å². The monoisotopic (exact) mass is 328 g/mol. The zero-order valence-corrected chi connectivity index (χ0v) is 12.5. The summed E-state index contributed by atoms with van der Waals surface area (Å²) < 4.78 is 0.802. The number of H-pyrrole nitrogens is 1. The van der Waals surface area contributed by atoms with Gasteiger partial charge in [0.05, 0.1) is 0 Å². The van der Waals surface area contributed by atoms with Crippen molar-refractivity contribution in [3.8, 4) is 0 Å². The molecule has 4 heteroatoms. The highest BCUT2D eigenvalue weighted by molar-refractivity contribution is 9.10. The van der Waals surface area contributed by atoms with E-state index in [0.717, 1.165) is 20.9 Å². The van der Waals surface area contributed by atoms with Gasteiger partial charge in [0.25, 0.3) is 0 Å². The first-order valence-corrected chi connectivity index (χ1v) is 7.02. The van der Waals surface area contributed by atoms with Crippen molar-refractivity contribution in [3.05, 3.63) is 63.8 Å². The number of halogens is 1. The molecule has 0 spiro atoms. The minimum Gasteiger partial charge on any atom is -0.399 e. The first-order chi connectivity index (χ1) is 9.54. The molecule has 0 saturated heterocycles. The van der Waals surface area contributed by atoms with Crippen LogP contribution < -0.4 is 5.73 Å². The third kappa shape index (κ3) is 2.23. The first kappa shape index (κ1) is 12.9. The van der Waals surface area contributed by atoms with Gasteiger partial charge >= 0.3 is 0 Å². The van der Waals surface area contributed by atoms with Crippen LogP contribution in [0, 0.1) is 6.92 Å². The molecular weight excluding hydrogens is 316 g/mol. The number of carbonyl (C=O) groups excluding carboxylic acids is 1. The molecule has 0 unspecified atom stereocenters. The Hall–Kier alpha value is -2.07. The molecule has 0 bridgehead atoms. The molecule has 3 rings (SSSR count). The number of aromatic nitrogens is 1. The highest BCUT2D eigenvalue weighted by atomic mass is 79.9. The van der Waals surface area contributed by atoms with Crippen molar-refractivity contribution in [1.82, 2.24) is 4.98 Å². The van der Waals surface area contributed by atoms with Crippen LogP contribution in [0.15, 0.2) is 47.1 Å².